The van der Waals surface area contributed by atoms with Crippen LogP contribution in [-0.2, 0) is 21.2 Å². The van der Waals surface area contributed by atoms with Gasteiger partial charge in [0.25, 0.3) is 0 Å². The van der Waals surface area contributed by atoms with Gasteiger partial charge < -0.3 is 14.8 Å². The Morgan fingerprint density at radius 3 is 2.26 bits per heavy atom. The van der Waals surface area contributed by atoms with Crippen LogP contribution in [0.2, 0.25) is 0 Å². The Hall–Kier alpha value is -3.36. The average molecular weight is 497 g/mol. The molecule has 8 heteroatoms. The molecule has 0 aliphatic carbocycles. The van der Waals surface area contributed by atoms with Gasteiger partial charge in [-0.3, -0.25) is 4.79 Å². The van der Waals surface area contributed by atoms with E-state index < -0.39 is 22.0 Å². The minimum atomic E-state index is -4.09. The van der Waals surface area contributed by atoms with Crippen LogP contribution in [0.1, 0.15) is 37.8 Å². The maximum atomic E-state index is 13.5. The minimum Gasteiger partial charge on any atom is -0.495 e. The van der Waals surface area contributed by atoms with Crippen molar-refractivity contribution in [3.63, 3.8) is 0 Å². The van der Waals surface area contributed by atoms with Crippen LogP contribution in [0.25, 0.3) is 0 Å². The summed E-state index contributed by atoms with van der Waals surface area (Å²) in [6.45, 7) is 6.39. The second-order valence-corrected chi connectivity index (χ2v) is 10.1. The Morgan fingerprint density at radius 2 is 1.66 bits per heavy atom. The van der Waals surface area contributed by atoms with Crippen LogP contribution in [0.4, 0.5) is 5.69 Å². The second-order valence-electron chi connectivity index (χ2n) is 8.38. The molecule has 1 amide bonds. The number of anilines is 1. The highest BCUT2D eigenvalue weighted by atomic mass is 32.2. The molecule has 1 atom stereocenters. The molecule has 0 aliphatic heterocycles. The molecule has 2 N–H and O–H groups in total. The summed E-state index contributed by atoms with van der Waals surface area (Å²) >= 11 is 0. The van der Waals surface area contributed by atoms with Crippen molar-refractivity contribution in [3.05, 3.63) is 83.9 Å². The highest BCUT2D eigenvalue weighted by molar-refractivity contribution is 7.89. The molecule has 0 fully saturated rings. The van der Waals surface area contributed by atoms with Crippen molar-refractivity contribution in [1.29, 1.82) is 0 Å². The molecule has 3 aromatic rings. The summed E-state index contributed by atoms with van der Waals surface area (Å²) in [7, 11) is -2.67. The Kier molecular flexibility index (Phi) is 8.89. The number of benzene rings is 3. The minimum absolute atomic E-state index is 0.00173. The van der Waals surface area contributed by atoms with Crippen LogP contribution in [0.5, 0.6) is 11.5 Å². The first-order valence-electron chi connectivity index (χ1n) is 11.5. The van der Waals surface area contributed by atoms with Gasteiger partial charge in [0.2, 0.25) is 15.9 Å². The lowest BCUT2D eigenvalue weighted by Gasteiger charge is -2.20. The van der Waals surface area contributed by atoms with E-state index in [9.17, 15) is 13.2 Å². The van der Waals surface area contributed by atoms with Crippen molar-refractivity contribution in [2.45, 2.75) is 44.0 Å². The quantitative estimate of drug-likeness (QED) is 0.400. The van der Waals surface area contributed by atoms with E-state index in [1.807, 2.05) is 57.2 Å². The molecule has 3 rings (SSSR count). The Morgan fingerprint density at radius 1 is 0.971 bits per heavy atom. The summed E-state index contributed by atoms with van der Waals surface area (Å²) in [4.78, 5) is 13.3. The fourth-order valence-corrected chi connectivity index (χ4v) is 4.98. The number of amides is 1. The van der Waals surface area contributed by atoms with Crippen molar-refractivity contribution in [2.75, 3.05) is 19.0 Å². The number of hydrogen-bond donors (Lipinski definition) is 2. The van der Waals surface area contributed by atoms with E-state index in [1.165, 1.54) is 7.11 Å². The van der Waals surface area contributed by atoms with Crippen LogP contribution in [0.3, 0.4) is 0 Å². The summed E-state index contributed by atoms with van der Waals surface area (Å²) < 4.78 is 40.3. The lowest BCUT2D eigenvalue weighted by atomic mass is 10.0. The van der Waals surface area contributed by atoms with Gasteiger partial charge in [-0.25, -0.2) is 8.42 Å². The molecule has 0 heterocycles. The SMILES string of the molecule is CCOc1ccc(NC(=O)C(Cc2ccccc2)NS(=O)(=O)c2cc(C(C)C)ccc2OC)cc1. The van der Waals surface area contributed by atoms with Crippen LogP contribution in [0, 0.1) is 0 Å². The van der Waals surface area contributed by atoms with Crippen molar-refractivity contribution in [3.8, 4) is 11.5 Å². The molecule has 0 saturated carbocycles. The van der Waals surface area contributed by atoms with Gasteiger partial charge in [-0.1, -0.05) is 50.2 Å². The Bertz CT molecular complexity index is 1230. The van der Waals surface area contributed by atoms with E-state index in [2.05, 4.69) is 10.0 Å². The van der Waals surface area contributed by atoms with Gasteiger partial charge in [0.1, 0.15) is 22.4 Å². The highest BCUT2D eigenvalue weighted by Crippen LogP contribution is 2.28. The fourth-order valence-electron chi connectivity index (χ4n) is 3.58. The topological polar surface area (TPSA) is 93.7 Å². The lowest BCUT2D eigenvalue weighted by Crippen LogP contribution is -2.45. The maximum absolute atomic E-state index is 13.5. The molecule has 1 unspecified atom stereocenters. The number of ether oxygens (including phenoxy) is 2. The standard InChI is InChI=1S/C27H32N2O5S/c1-5-34-23-14-12-22(13-15-23)28-27(30)24(17-20-9-7-6-8-10-20)29-35(31,32)26-18-21(19(2)3)11-16-25(26)33-4/h6-16,18-19,24,29H,5,17H2,1-4H3,(H,28,30). The number of rotatable bonds is 11. The summed E-state index contributed by atoms with van der Waals surface area (Å²) in [6.07, 6.45) is 0.176. The zero-order chi connectivity index (χ0) is 25.4. The van der Waals surface area contributed by atoms with Gasteiger partial charge in [-0.15, -0.1) is 0 Å². The average Bonchev–Trinajstić information content (AvgIpc) is 2.85. The van der Waals surface area contributed by atoms with Gasteiger partial charge in [-0.2, -0.15) is 4.72 Å². The number of methoxy groups -OCH3 is 1. The van der Waals surface area contributed by atoms with Gasteiger partial charge in [0.15, 0.2) is 0 Å². The predicted molar refractivity (Wildman–Crippen MR) is 138 cm³/mol. The molecule has 7 nitrogen and oxygen atoms in total. The number of sulfonamides is 1. The molecule has 0 radical (unpaired) electrons. The van der Waals surface area contributed by atoms with Gasteiger partial charge in [-0.05, 0) is 66.8 Å². The predicted octanol–water partition coefficient (Wildman–Crippen LogP) is 4.75. The monoisotopic (exact) mass is 496 g/mol. The second kappa shape index (κ2) is 11.9. The molecular formula is C27H32N2O5S. The van der Waals surface area contributed by atoms with Gasteiger partial charge in [0.05, 0.1) is 13.7 Å². The number of carbonyl (C=O) groups excluding carboxylic acids is 1. The summed E-state index contributed by atoms with van der Waals surface area (Å²) in [6, 6.07) is 20.2. The molecule has 0 saturated heterocycles. The maximum Gasteiger partial charge on any atom is 0.245 e. The largest absolute Gasteiger partial charge is 0.495 e. The summed E-state index contributed by atoms with van der Waals surface area (Å²) in [5.74, 6) is 0.551. The molecule has 0 spiro atoms. The first-order valence-corrected chi connectivity index (χ1v) is 13.0. The molecule has 0 bridgehead atoms. The third kappa shape index (κ3) is 7.07. The normalized spacial score (nSPS) is 12.3. The fraction of sp³-hybridized carbons (Fsp3) is 0.296. The van der Waals surface area contributed by atoms with Gasteiger partial charge in [0, 0.05) is 5.69 Å². The first-order chi connectivity index (χ1) is 16.7. The highest BCUT2D eigenvalue weighted by Gasteiger charge is 2.29. The molecular weight excluding hydrogens is 464 g/mol. The van der Waals surface area contributed by atoms with Crippen LogP contribution in [-0.4, -0.2) is 34.1 Å². The van der Waals surface area contributed by atoms with E-state index in [0.717, 1.165) is 11.1 Å². The number of hydrogen-bond acceptors (Lipinski definition) is 5. The zero-order valence-electron chi connectivity index (χ0n) is 20.4. The molecule has 0 aromatic heterocycles. The van der Waals surface area contributed by atoms with E-state index >= 15 is 0 Å². The first kappa shape index (κ1) is 26.2. The van der Waals surface area contributed by atoms with E-state index in [-0.39, 0.29) is 23.0 Å². The number of nitrogens with one attached hydrogen (secondary N) is 2. The third-order valence-electron chi connectivity index (χ3n) is 5.47. The molecule has 0 aliphatic rings. The molecule has 35 heavy (non-hydrogen) atoms. The Labute approximate surface area is 207 Å². The Balaban J connectivity index is 1.90. The third-order valence-corrected chi connectivity index (χ3v) is 6.97. The van der Waals surface area contributed by atoms with E-state index in [4.69, 9.17) is 9.47 Å². The van der Waals surface area contributed by atoms with Crippen LogP contribution < -0.4 is 19.5 Å². The van der Waals surface area contributed by atoms with Gasteiger partial charge >= 0.3 is 0 Å². The van der Waals surface area contributed by atoms with Crippen LogP contribution >= 0.6 is 0 Å². The molecule has 3 aromatic carbocycles. The lowest BCUT2D eigenvalue weighted by molar-refractivity contribution is -0.117. The summed E-state index contributed by atoms with van der Waals surface area (Å²) in [5, 5.41) is 2.81. The number of carbonyl (C=O) groups is 1. The van der Waals surface area contributed by atoms with Crippen molar-refractivity contribution in [2.24, 2.45) is 0 Å². The van der Waals surface area contributed by atoms with E-state index in [1.54, 1.807) is 36.4 Å². The van der Waals surface area contributed by atoms with Crippen molar-refractivity contribution >= 4 is 21.6 Å². The van der Waals surface area contributed by atoms with Crippen LogP contribution in [0.15, 0.2) is 77.7 Å². The zero-order valence-corrected chi connectivity index (χ0v) is 21.3. The molecule has 186 valence electrons. The van der Waals surface area contributed by atoms with Crippen molar-refractivity contribution < 1.29 is 22.7 Å². The summed E-state index contributed by atoms with van der Waals surface area (Å²) in [5.41, 5.74) is 2.21. The van der Waals surface area contributed by atoms with E-state index in [0.29, 0.717) is 18.0 Å². The smallest absolute Gasteiger partial charge is 0.245 e. The van der Waals surface area contributed by atoms with Crippen molar-refractivity contribution in [1.82, 2.24) is 4.72 Å².